The van der Waals surface area contributed by atoms with Crippen molar-refractivity contribution in [2.45, 2.75) is 17.9 Å². The van der Waals surface area contributed by atoms with Crippen molar-refractivity contribution in [3.8, 4) is 0 Å². The number of amides is 1. The highest BCUT2D eigenvalue weighted by molar-refractivity contribution is 7.89. The molecule has 0 radical (unpaired) electrons. The zero-order valence-corrected chi connectivity index (χ0v) is 14.1. The van der Waals surface area contributed by atoms with Gasteiger partial charge in [-0.2, -0.15) is 0 Å². The molecule has 0 fully saturated rings. The first-order chi connectivity index (χ1) is 10.4. The minimum absolute atomic E-state index is 0.125. The first-order valence-corrected chi connectivity index (χ1v) is 9.03. The molecule has 0 bridgehead atoms. The summed E-state index contributed by atoms with van der Waals surface area (Å²) in [5.41, 5.74) is 0.579. The van der Waals surface area contributed by atoms with E-state index < -0.39 is 10.0 Å². The molecule has 0 aliphatic carbocycles. The Morgan fingerprint density at radius 3 is 2.55 bits per heavy atom. The number of benzene rings is 1. The summed E-state index contributed by atoms with van der Waals surface area (Å²) in [6, 6.07) is 10.5. The third-order valence-corrected chi connectivity index (χ3v) is 5.91. The normalized spacial score (nSPS) is 11.6. The van der Waals surface area contributed by atoms with Crippen LogP contribution in [0.2, 0.25) is 0 Å². The molecule has 0 unspecified atom stereocenters. The molecule has 2 rings (SSSR count). The van der Waals surface area contributed by atoms with Crippen LogP contribution in [0.25, 0.3) is 0 Å². The van der Waals surface area contributed by atoms with E-state index in [-0.39, 0.29) is 17.3 Å². The van der Waals surface area contributed by atoms with Gasteiger partial charge in [0.15, 0.2) is 0 Å². The summed E-state index contributed by atoms with van der Waals surface area (Å²) in [6.45, 7) is 0.188. The largest absolute Gasteiger partial charge is 0.352 e. The van der Waals surface area contributed by atoms with Crippen LogP contribution in [0.4, 0.5) is 0 Å². The molecule has 22 heavy (non-hydrogen) atoms. The molecule has 118 valence electrons. The molecule has 0 atom stereocenters. The summed E-state index contributed by atoms with van der Waals surface area (Å²) < 4.78 is 25.7. The zero-order chi connectivity index (χ0) is 16.2. The number of hydrogen-bond donors (Lipinski definition) is 1. The number of nitrogens with one attached hydrogen (secondary N) is 1. The van der Waals surface area contributed by atoms with Crippen LogP contribution in [0.3, 0.4) is 0 Å². The Hall–Kier alpha value is -1.70. The third kappa shape index (κ3) is 3.94. The number of rotatable bonds is 6. The predicted octanol–water partition coefficient (Wildman–Crippen LogP) is 1.86. The Kier molecular flexibility index (Phi) is 5.33. The maximum atomic E-state index is 12.3. The van der Waals surface area contributed by atoms with Crippen molar-refractivity contribution >= 4 is 27.3 Å². The number of carbonyl (C=O) groups is 1. The van der Waals surface area contributed by atoms with Crippen molar-refractivity contribution in [2.75, 3.05) is 14.1 Å². The third-order valence-electron chi connectivity index (χ3n) is 3.12. The molecular weight excluding hydrogens is 320 g/mol. The van der Waals surface area contributed by atoms with Crippen LogP contribution < -0.4 is 5.32 Å². The molecule has 1 aromatic heterocycles. The number of sulfonamides is 1. The van der Waals surface area contributed by atoms with E-state index in [1.54, 1.807) is 24.3 Å². The standard InChI is InChI=1S/C15H18N2O3S2/c1-17(2)22(19,20)14-8-4-3-6-12(14)11-16-15(18)10-13-7-5-9-21-13/h3-9H,10-11H2,1-2H3,(H,16,18). The maximum Gasteiger partial charge on any atom is 0.242 e. The fourth-order valence-electron chi connectivity index (χ4n) is 1.93. The van der Waals surface area contributed by atoms with Crippen LogP contribution in [0.15, 0.2) is 46.7 Å². The molecule has 0 spiro atoms. The van der Waals surface area contributed by atoms with E-state index in [4.69, 9.17) is 0 Å². The molecule has 5 nitrogen and oxygen atoms in total. The fraction of sp³-hybridized carbons (Fsp3) is 0.267. The van der Waals surface area contributed by atoms with E-state index in [1.807, 2.05) is 17.5 Å². The summed E-state index contributed by atoms with van der Waals surface area (Å²) in [6.07, 6.45) is 0.306. The molecule has 1 N–H and O–H groups in total. The van der Waals surface area contributed by atoms with Crippen molar-refractivity contribution in [1.82, 2.24) is 9.62 Å². The van der Waals surface area contributed by atoms with Crippen LogP contribution >= 0.6 is 11.3 Å². The van der Waals surface area contributed by atoms with Gasteiger partial charge in [0.25, 0.3) is 0 Å². The van der Waals surface area contributed by atoms with Gasteiger partial charge in [0.1, 0.15) is 0 Å². The van der Waals surface area contributed by atoms with E-state index in [0.29, 0.717) is 12.0 Å². The Morgan fingerprint density at radius 2 is 1.91 bits per heavy atom. The molecule has 2 aromatic rings. The summed E-state index contributed by atoms with van der Waals surface area (Å²) in [7, 11) is -0.546. The Morgan fingerprint density at radius 1 is 1.18 bits per heavy atom. The monoisotopic (exact) mass is 338 g/mol. The summed E-state index contributed by atoms with van der Waals surface area (Å²) in [5, 5.41) is 4.69. The van der Waals surface area contributed by atoms with Gasteiger partial charge in [0.2, 0.25) is 15.9 Å². The van der Waals surface area contributed by atoms with E-state index >= 15 is 0 Å². The second-order valence-corrected chi connectivity index (χ2v) is 8.08. The van der Waals surface area contributed by atoms with Gasteiger partial charge >= 0.3 is 0 Å². The lowest BCUT2D eigenvalue weighted by Crippen LogP contribution is -2.27. The molecule has 0 aliphatic heterocycles. The first-order valence-electron chi connectivity index (χ1n) is 6.71. The average Bonchev–Trinajstić information content (AvgIpc) is 2.98. The van der Waals surface area contributed by atoms with Gasteiger partial charge in [-0.1, -0.05) is 24.3 Å². The molecule has 7 heteroatoms. The minimum Gasteiger partial charge on any atom is -0.352 e. The van der Waals surface area contributed by atoms with Crippen LogP contribution in [0.5, 0.6) is 0 Å². The van der Waals surface area contributed by atoms with Gasteiger partial charge in [0.05, 0.1) is 11.3 Å². The molecule has 0 saturated heterocycles. The van der Waals surface area contributed by atoms with Gasteiger partial charge in [-0.25, -0.2) is 12.7 Å². The number of thiophene rings is 1. The first kappa shape index (κ1) is 16.7. The van der Waals surface area contributed by atoms with Crippen molar-refractivity contribution < 1.29 is 13.2 Å². The van der Waals surface area contributed by atoms with Crippen molar-refractivity contribution in [2.24, 2.45) is 0 Å². The topological polar surface area (TPSA) is 66.5 Å². The number of nitrogens with zero attached hydrogens (tertiary/aromatic N) is 1. The Bertz CT molecular complexity index is 738. The second-order valence-electron chi connectivity index (χ2n) is 4.93. The van der Waals surface area contributed by atoms with Gasteiger partial charge in [0, 0.05) is 25.5 Å². The number of hydrogen-bond acceptors (Lipinski definition) is 4. The lowest BCUT2D eigenvalue weighted by atomic mass is 10.2. The van der Waals surface area contributed by atoms with Crippen LogP contribution in [-0.2, 0) is 27.8 Å². The molecule has 1 aromatic carbocycles. The van der Waals surface area contributed by atoms with Crippen molar-refractivity contribution in [3.05, 3.63) is 52.2 Å². The highest BCUT2D eigenvalue weighted by atomic mass is 32.2. The van der Waals surface area contributed by atoms with Gasteiger partial charge < -0.3 is 5.32 Å². The lowest BCUT2D eigenvalue weighted by Gasteiger charge is -2.15. The van der Waals surface area contributed by atoms with E-state index in [0.717, 1.165) is 4.88 Å². The van der Waals surface area contributed by atoms with Crippen LogP contribution in [0, 0.1) is 0 Å². The summed E-state index contributed by atoms with van der Waals surface area (Å²) in [5.74, 6) is -0.125. The van der Waals surface area contributed by atoms with Gasteiger partial charge in [-0.15, -0.1) is 11.3 Å². The van der Waals surface area contributed by atoms with Crippen molar-refractivity contribution in [3.63, 3.8) is 0 Å². The smallest absolute Gasteiger partial charge is 0.242 e. The van der Waals surface area contributed by atoms with Gasteiger partial charge in [-0.3, -0.25) is 4.79 Å². The van der Waals surface area contributed by atoms with E-state index in [2.05, 4.69) is 5.32 Å². The van der Waals surface area contributed by atoms with Gasteiger partial charge in [-0.05, 0) is 23.1 Å². The van der Waals surface area contributed by atoms with Crippen molar-refractivity contribution in [1.29, 1.82) is 0 Å². The number of carbonyl (C=O) groups excluding carboxylic acids is 1. The maximum absolute atomic E-state index is 12.3. The fourth-order valence-corrected chi connectivity index (χ4v) is 3.74. The highest BCUT2D eigenvalue weighted by Gasteiger charge is 2.20. The molecule has 1 heterocycles. The summed E-state index contributed by atoms with van der Waals surface area (Å²) >= 11 is 1.52. The SMILES string of the molecule is CN(C)S(=O)(=O)c1ccccc1CNC(=O)Cc1cccs1. The molecular formula is C15H18N2O3S2. The Balaban J connectivity index is 2.09. The predicted molar refractivity (Wildman–Crippen MR) is 87.2 cm³/mol. The Labute approximate surface area is 134 Å². The highest BCUT2D eigenvalue weighted by Crippen LogP contribution is 2.18. The average molecular weight is 338 g/mol. The quantitative estimate of drug-likeness (QED) is 0.874. The molecule has 1 amide bonds. The lowest BCUT2D eigenvalue weighted by molar-refractivity contribution is -0.120. The van der Waals surface area contributed by atoms with E-state index in [9.17, 15) is 13.2 Å². The van der Waals surface area contributed by atoms with E-state index in [1.165, 1.54) is 29.7 Å². The molecule has 0 aliphatic rings. The zero-order valence-electron chi connectivity index (χ0n) is 12.4. The minimum atomic E-state index is -3.52. The van der Waals surface area contributed by atoms with Crippen LogP contribution in [0.1, 0.15) is 10.4 Å². The summed E-state index contributed by atoms with van der Waals surface area (Å²) in [4.78, 5) is 13.1. The van der Waals surface area contributed by atoms with Crippen LogP contribution in [-0.4, -0.2) is 32.7 Å². The second kappa shape index (κ2) is 7.04. The molecule has 0 saturated carbocycles.